The zero-order valence-electron chi connectivity index (χ0n) is 14.7. The lowest BCUT2D eigenvalue weighted by atomic mass is 9.94. The molecule has 1 N–H and O–H groups in total. The summed E-state index contributed by atoms with van der Waals surface area (Å²) < 4.78 is 28.3. The quantitative estimate of drug-likeness (QED) is 0.851. The third-order valence-corrected chi connectivity index (χ3v) is 6.66. The zero-order chi connectivity index (χ0) is 17.0. The van der Waals surface area contributed by atoms with Crippen LogP contribution in [-0.4, -0.2) is 41.4 Å². The summed E-state index contributed by atoms with van der Waals surface area (Å²) in [6.07, 6.45) is 8.47. The maximum Gasteiger partial charge on any atom is 0.211 e. The van der Waals surface area contributed by atoms with Gasteiger partial charge in [0.2, 0.25) is 10.0 Å². The normalized spacial score (nSPS) is 20.7. The summed E-state index contributed by atoms with van der Waals surface area (Å²) in [6.45, 7) is 5.19. The van der Waals surface area contributed by atoms with E-state index >= 15 is 0 Å². The van der Waals surface area contributed by atoms with Gasteiger partial charge in [-0.05, 0) is 31.7 Å². The van der Waals surface area contributed by atoms with Gasteiger partial charge in [0.1, 0.15) is 0 Å². The number of hydrogen-bond acceptors (Lipinski definition) is 4. The van der Waals surface area contributed by atoms with Gasteiger partial charge in [-0.1, -0.05) is 26.2 Å². The second-order valence-electron chi connectivity index (χ2n) is 7.11. The maximum atomic E-state index is 11.8. The van der Waals surface area contributed by atoms with E-state index in [1.807, 2.05) is 6.92 Å². The highest BCUT2D eigenvalue weighted by molar-refractivity contribution is 7.89. The second kappa shape index (κ2) is 7.97. The van der Waals surface area contributed by atoms with Crippen molar-refractivity contribution in [2.24, 2.45) is 0 Å². The summed E-state index contributed by atoms with van der Waals surface area (Å²) in [5, 5.41) is 4.62. The fourth-order valence-corrected chi connectivity index (χ4v) is 4.97. The van der Waals surface area contributed by atoms with Crippen LogP contribution < -0.4 is 4.72 Å². The second-order valence-corrected chi connectivity index (χ2v) is 9.03. The first-order chi connectivity index (χ1) is 11.6. The minimum Gasteiger partial charge on any atom is -0.295 e. The van der Waals surface area contributed by atoms with Crippen LogP contribution in [0.3, 0.4) is 0 Å². The first-order valence-electron chi connectivity index (χ1n) is 9.34. The number of fused-ring (bicyclic) bond motifs is 1. The fraction of sp³-hybridized carbons (Fsp3) is 0.824. The third kappa shape index (κ3) is 4.58. The van der Waals surface area contributed by atoms with Crippen molar-refractivity contribution < 1.29 is 8.42 Å². The Hall–Kier alpha value is -0.920. The minimum atomic E-state index is -3.18. The first-order valence-corrected chi connectivity index (χ1v) is 11.0. The molecule has 1 fully saturated rings. The van der Waals surface area contributed by atoms with Crippen LogP contribution in [0.1, 0.15) is 63.3 Å². The summed E-state index contributed by atoms with van der Waals surface area (Å²) in [5.41, 5.74) is 2.05. The van der Waals surface area contributed by atoms with Crippen molar-refractivity contribution in [2.45, 2.75) is 77.5 Å². The molecule has 1 saturated carbocycles. The van der Waals surface area contributed by atoms with Gasteiger partial charge in [0.25, 0.3) is 0 Å². The lowest BCUT2D eigenvalue weighted by Crippen LogP contribution is -2.36. The topological polar surface area (TPSA) is 67.2 Å². The minimum absolute atomic E-state index is 0.177. The number of aryl methyl sites for hydroxylation is 1. The van der Waals surface area contributed by atoms with Gasteiger partial charge in [-0.25, -0.2) is 13.1 Å². The molecule has 1 aromatic heterocycles. The van der Waals surface area contributed by atoms with Crippen molar-refractivity contribution in [3.63, 3.8) is 0 Å². The number of nitrogens with zero attached hydrogens (tertiary/aromatic N) is 3. The van der Waals surface area contributed by atoms with E-state index in [4.69, 9.17) is 0 Å². The Labute approximate surface area is 145 Å². The van der Waals surface area contributed by atoms with Crippen molar-refractivity contribution >= 4 is 10.0 Å². The molecule has 0 unspecified atom stereocenters. The standard InChI is InChI=1S/C17H30N4O2S/c1-2-11-24(22,23)18-13-15-12-17-14-20(9-6-10-21(17)19-15)16-7-4-3-5-8-16/h12,16,18H,2-11,13-14H2,1H3. The molecule has 136 valence electrons. The third-order valence-electron chi connectivity index (χ3n) is 5.13. The maximum absolute atomic E-state index is 11.8. The van der Waals surface area contributed by atoms with Gasteiger partial charge < -0.3 is 0 Å². The van der Waals surface area contributed by atoms with Crippen LogP contribution in [0.2, 0.25) is 0 Å². The van der Waals surface area contributed by atoms with Crippen molar-refractivity contribution in [1.29, 1.82) is 0 Å². The molecule has 0 spiro atoms. The molecule has 7 heteroatoms. The Kier molecular flexibility index (Phi) is 5.94. The molecular formula is C17H30N4O2S. The summed E-state index contributed by atoms with van der Waals surface area (Å²) in [4.78, 5) is 2.62. The molecule has 1 aliphatic carbocycles. The van der Waals surface area contributed by atoms with Crippen LogP contribution in [0.25, 0.3) is 0 Å². The molecule has 6 nitrogen and oxygen atoms in total. The van der Waals surface area contributed by atoms with Gasteiger partial charge >= 0.3 is 0 Å². The molecule has 0 radical (unpaired) electrons. The predicted molar refractivity (Wildman–Crippen MR) is 95.0 cm³/mol. The van der Waals surface area contributed by atoms with Crippen LogP contribution in [0.4, 0.5) is 0 Å². The molecule has 0 aromatic carbocycles. The predicted octanol–water partition coefficient (Wildman–Crippen LogP) is 2.25. The van der Waals surface area contributed by atoms with Crippen molar-refractivity contribution in [3.8, 4) is 0 Å². The van der Waals surface area contributed by atoms with Crippen molar-refractivity contribution in [3.05, 3.63) is 17.5 Å². The lowest BCUT2D eigenvalue weighted by molar-refractivity contribution is 0.150. The average Bonchev–Trinajstić information content (AvgIpc) is 2.84. The average molecular weight is 355 g/mol. The van der Waals surface area contributed by atoms with Crippen LogP contribution in [0, 0.1) is 0 Å². The number of sulfonamides is 1. The van der Waals surface area contributed by atoms with Crippen LogP contribution in [0.15, 0.2) is 6.07 Å². The summed E-state index contributed by atoms with van der Waals surface area (Å²) in [5.74, 6) is 0.177. The number of nitrogens with one attached hydrogen (secondary N) is 1. The largest absolute Gasteiger partial charge is 0.295 e. The zero-order valence-corrected chi connectivity index (χ0v) is 15.5. The van der Waals surface area contributed by atoms with Gasteiger partial charge in [0, 0.05) is 25.7 Å². The Bertz CT molecular complexity index is 635. The van der Waals surface area contributed by atoms with E-state index in [9.17, 15) is 8.42 Å². The number of aromatic nitrogens is 2. The van der Waals surface area contributed by atoms with Crippen LogP contribution >= 0.6 is 0 Å². The van der Waals surface area contributed by atoms with Gasteiger partial charge in [-0.3, -0.25) is 9.58 Å². The van der Waals surface area contributed by atoms with Crippen molar-refractivity contribution in [2.75, 3.05) is 12.3 Å². The molecule has 2 aliphatic rings. The molecule has 2 heterocycles. The highest BCUT2D eigenvalue weighted by Crippen LogP contribution is 2.25. The molecule has 0 bridgehead atoms. The van der Waals surface area contributed by atoms with Gasteiger partial charge in [0.15, 0.2) is 0 Å². The molecule has 24 heavy (non-hydrogen) atoms. The van der Waals surface area contributed by atoms with E-state index in [0.29, 0.717) is 19.0 Å². The van der Waals surface area contributed by atoms with Gasteiger partial charge in [-0.2, -0.15) is 5.10 Å². The molecular weight excluding hydrogens is 324 g/mol. The SMILES string of the molecule is CCCS(=O)(=O)NCc1cc2n(n1)CCCN(C1CCCCC1)C2. The molecule has 3 rings (SSSR count). The van der Waals surface area contributed by atoms with E-state index < -0.39 is 10.0 Å². The smallest absolute Gasteiger partial charge is 0.211 e. The Morgan fingerprint density at radius 1 is 1.21 bits per heavy atom. The summed E-state index contributed by atoms with van der Waals surface area (Å²) in [7, 11) is -3.18. The Morgan fingerprint density at radius 2 is 2.00 bits per heavy atom. The van der Waals surface area contributed by atoms with E-state index in [1.54, 1.807) is 0 Å². The fourth-order valence-electron chi connectivity index (χ4n) is 3.92. The first kappa shape index (κ1) is 17.9. The van der Waals surface area contributed by atoms with Gasteiger partial charge in [0.05, 0.1) is 23.7 Å². The molecule has 1 aromatic rings. The molecule has 0 atom stereocenters. The van der Waals surface area contributed by atoms with E-state index in [2.05, 4.69) is 25.5 Å². The molecule has 1 aliphatic heterocycles. The summed E-state index contributed by atoms with van der Waals surface area (Å²) in [6, 6.07) is 2.79. The monoisotopic (exact) mass is 354 g/mol. The molecule has 0 saturated heterocycles. The van der Waals surface area contributed by atoms with E-state index in [-0.39, 0.29) is 5.75 Å². The number of rotatable bonds is 6. The van der Waals surface area contributed by atoms with E-state index in [1.165, 1.54) is 37.8 Å². The Morgan fingerprint density at radius 3 is 2.75 bits per heavy atom. The van der Waals surface area contributed by atoms with Gasteiger partial charge in [-0.15, -0.1) is 0 Å². The Balaban J connectivity index is 1.64. The molecule has 0 amide bonds. The van der Waals surface area contributed by atoms with Crippen LogP contribution in [-0.2, 0) is 29.7 Å². The summed E-state index contributed by atoms with van der Waals surface area (Å²) >= 11 is 0. The van der Waals surface area contributed by atoms with E-state index in [0.717, 1.165) is 31.7 Å². The highest BCUT2D eigenvalue weighted by atomic mass is 32.2. The lowest BCUT2D eigenvalue weighted by Gasteiger charge is -2.33. The highest BCUT2D eigenvalue weighted by Gasteiger charge is 2.24. The number of hydrogen-bond donors (Lipinski definition) is 1. The van der Waals surface area contributed by atoms with Crippen LogP contribution in [0.5, 0.6) is 0 Å². The van der Waals surface area contributed by atoms with Crippen molar-refractivity contribution in [1.82, 2.24) is 19.4 Å².